The molecule has 0 saturated heterocycles. The number of anilines is 3. The van der Waals surface area contributed by atoms with Gasteiger partial charge in [0.15, 0.2) is 0 Å². The second kappa shape index (κ2) is 13.4. The molecule has 0 aliphatic carbocycles. The van der Waals surface area contributed by atoms with E-state index in [0.717, 1.165) is 49.3 Å². The number of carboxylic acid groups (broad SMARTS) is 1. The van der Waals surface area contributed by atoms with E-state index in [9.17, 15) is 4.79 Å². The van der Waals surface area contributed by atoms with Crippen LogP contribution in [-0.4, -0.2) is 20.6 Å². The van der Waals surface area contributed by atoms with E-state index in [2.05, 4.69) is 136 Å². The number of pyridine rings is 1. The summed E-state index contributed by atoms with van der Waals surface area (Å²) >= 11 is 1.80. The number of unbranched alkanes of at least 4 members (excludes halogenated alkanes) is 3. The van der Waals surface area contributed by atoms with Crippen LogP contribution in [0, 0.1) is 0 Å². The summed E-state index contributed by atoms with van der Waals surface area (Å²) in [5.74, 6) is -0.718. The number of para-hydroxylation sites is 2. The number of rotatable bonds is 12. The lowest BCUT2D eigenvalue weighted by atomic mass is 10.1. The van der Waals surface area contributed by atoms with Gasteiger partial charge >= 0.3 is 5.97 Å². The predicted octanol–water partition coefficient (Wildman–Crippen LogP) is 11.1. The molecule has 0 saturated carbocycles. The highest BCUT2D eigenvalue weighted by Gasteiger charge is 2.17. The number of nitrogens with zero attached hydrogens (tertiary/aromatic N) is 3. The molecule has 0 bridgehead atoms. The maximum atomic E-state index is 11.0. The first kappa shape index (κ1) is 29.5. The highest BCUT2D eigenvalue weighted by Crippen LogP contribution is 2.41. The molecule has 0 atom stereocenters. The van der Waals surface area contributed by atoms with E-state index in [1.54, 1.807) is 11.3 Å². The Bertz CT molecular complexity index is 2050. The van der Waals surface area contributed by atoms with Crippen molar-refractivity contribution in [1.29, 1.82) is 0 Å². The molecule has 4 aromatic carbocycles. The normalized spacial score (nSPS) is 11.3. The van der Waals surface area contributed by atoms with Crippen molar-refractivity contribution in [2.75, 3.05) is 4.90 Å². The first-order valence-corrected chi connectivity index (χ1v) is 16.7. The van der Waals surface area contributed by atoms with Gasteiger partial charge in [-0.2, -0.15) is 0 Å². The molecular weight excluding hydrogens is 587 g/mol. The first-order chi connectivity index (χ1) is 22.7. The molecule has 46 heavy (non-hydrogen) atoms. The van der Waals surface area contributed by atoms with Gasteiger partial charge in [-0.05, 0) is 90.7 Å². The average molecular weight is 622 g/mol. The minimum Gasteiger partial charge on any atom is -0.481 e. The van der Waals surface area contributed by atoms with Crippen LogP contribution in [0.4, 0.5) is 17.1 Å². The molecule has 0 aliphatic rings. The number of thiophene rings is 1. The second-order valence-corrected chi connectivity index (χ2v) is 12.6. The van der Waals surface area contributed by atoms with Crippen LogP contribution >= 0.6 is 11.3 Å². The van der Waals surface area contributed by atoms with Gasteiger partial charge in [-0.15, -0.1) is 11.3 Å². The number of benzene rings is 4. The minimum atomic E-state index is -0.718. The van der Waals surface area contributed by atoms with E-state index in [-0.39, 0.29) is 6.42 Å². The van der Waals surface area contributed by atoms with E-state index in [1.807, 2.05) is 12.4 Å². The smallest absolute Gasteiger partial charge is 0.303 e. The largest absolute Gasteiger partial charge is 0.481 e. The van der Waals surface area contributed by atoms with Crippen LogP contribution in [0.25, 0.3) is 42.7 Å². The van der Waals surface area contributed by atoms with Crippen LogP contribution in [0.1, 0.15) is 32.1 Å². The number of carbonyl (C=O) groups is 1. The zero-order valence-corrected chi connectivity index (χ0v) is 26.4. The van der Waals surface area contributed by atoms with Crippen LogP contribution in [0.3, 0.4) is 0 Å². The number of fused-ring (bicyclic) bond motifs is 3. The molecule has 0 fully saturated rings. The summed E-state index contributed by atoms with van der Waals surface area (Å²) in [7, 11) is 0. The van der Waals surface area contributed by atoms with Crippen molar-refractivity contribution in [1.82, 2.24) is 9.55 Å². The monoisotopic (exact) mass is 621 g/mol. The van der Waals surface area contributed by atoms with Gasteiger partial charge in [0.2, 0.25) is 0 Å². The quantitative estimate of drug-likeness (QED) is 0.138. The minimum absolute atomic E-state index is 0.235. The summed E-state index contributed by atoms with van der Waals surface area (Å²) in [5.41, 5.74) is 8.14. The van der Waals surface area contributed by atoms with Crippen molar-refractivity contribution in [2.24, 2.45) is 0 Å². The Hall–Kier alpha value is -5.20. The molecule has 0 unspecified atom stereocenters. The summed E-state index contributed by atoms with van der Waals surface area (Å²) < 4.78 is 2.47. The van der Waals surface area contributed by atoms with Gasteiger partial charge in [-0.25, -0.2) is 0 Å². The molecule has 228 valence electrons. The van der Waals surface area contributed by atoms with Gasteiger partial charge in [-0.1, -0.05) is 67.4 Å². The van der Waals surface area contributed by atoms with Crippen LogP contribution < -0.4 is 4.90 Å². The van der Waals surface area contributed by atoms with Gasteiger partial charge < -0.3 is 14.6 Å². The Balaban J connectivity index is 1.31. The van der Waals surface area contributed by atoms with Crippen LogP contribution in [0.15, 0.2) is 134 Å². The maximum Gasteiger partial charge on any atom is 0.303 e. The van der Waals surface area contributed by atoms with Gasteiger partial charge in [0.05, 0.1) is 5.52 Å². The Morgan fingerprint density at radius 2 is 1.24 bits per heavy atom. The molecule has 1 N–H and O–H groups in total. The molecule has 6 heteroatoms. The van der Waals surface area contributed by atoms with Crippen molar-refractivity contribution in [3.63, 3.8) is 0 Å². The van der Waals surface area contributed by atoms with Crippen molar-refractivity contribution in [3.05, 3.63) is 134 Å². The number of hydrogen-bond acceptors (Lipinski definition) is 4. The Labute approximate surface area is 273 Å². The number of carboxylic acids is 1. The van der Waals surface area contributed by atoms with Crippen molar-refractivity contribution < 1.29 is 9.90 Å². The highest BCUT2D eigenvalue weighted by molar-refractivity contribution is 7.18. The lowest BCUT2D eigenvalue weighted by molar-refractivity contribution is -0.137. The number of hydrogen-bond donors (Lipinski definition) is 1. The fraction of sp³-hybridized carbons (Fsp3) is 0.150. The molecule has 0 aliphatic heterocycles. The lowest BCUT2D eigenvalue weighted by Gasteiger charge is -2.25. The number of aliphatic carboxylic acids is 1. The van der Waals surface area contributed by atoms with Crippen LogP contribution in [0.5, 0.6) is 0 Å². The average Bonchev–Trinajstić information content (AvgIpc) is 3.71. The molecule has 0 amide bonds. The summed E-state index contributed by atoms with van der Waals surface area (Å²) in [6.45, 7) is 0.864. The zero-order valence-electron chi connectivity index (χ0n) is 25.5. The van der Waals surface area contributed by atoms with Crippen molar-refractivity contribution in [2.45, 2.75) is 38.6 Å². The van der Waals surface area contributed by atoms with Gasteiger partial charge in [0.1, 0.15) is 0 Å². The first-order valence-electron chi connectivity index (χ1n) is 15.8. The van der Waals surface area contributed by atoms with Crippen LogP contribution in [0.2, 0.25) is 0 Å². The Kier molecular flexibility index (Phi) is 8.61. The zero-order chi connectivity index (χ0) is 31.3. The molecule has 3 aromatic heterocycles. The molecule has 0 spiro atoms. The summed E-state index contributed by atoms with van der Waals surface area (Å²) in [5, 5.41) is 11.5. The number of aryl methyl sites for hydroxylation is 1. The Morgan fingerprint density at radius 3 is 1.91 bits per heavy atom. The van der Waals surface area contributed by atoms with E-state index >= 15 is 0 Å². The summed E-state index contributed by atoms with van der Waals surface area (Å²) in [4.78, 5) is 20.0. The fourth-order valence-corrected chi connectivity index (χ4v) is 7.29. The Morgan fingerprint density at radius 1 is 0.630 bits per heavy atom. The highest BCUT2D eigenvalue weighted by atomic mass is 32.1. The molecule has 5 nitrogen and oxygen atoms in total. The third-order valence-corrected chi connectivity index (χ3v) is 9.70. The SMILES string of the molecule is O=C(O)CCCCCCn1c2cc(-c3ccc(-c4ccncc4)s3)ccc2c2ccc(N(c3ccccc3)c3ccccc3)cc21. The van der Waals surface area contributed by atoms with Crippen molar-refractivity contribution in [3.8, 4) is 20.9 Å². The maximum absolute atomic E-state index is 11.0. The standard InChI is InChI=1S/C40H35N3O2S/c44-40(45)15-9-1-2-10-26-42-36-27-30(39-21-20-38(46-39)29-22-24-41-25-23-29)16-18-34(36)35-19-17-33(28-37(35)42)43(31-11-5-3-6-12-31)32-13-7-4-8-14-32/h3-8,11-14,16-25,27-28H,1-2,9-10,15,26H2,(H,44,45). The van der Waals surface area contributed by atoms with Gasteiger partial charge in [0, 0.05) is 68.5 Å². The lowest BCUT2D eigenvalue weighted by Crippen LogP contribution is -2.09. The van der Waals surface area contributed by atoms with E-state index in [0.29, 0.717) is 0 Å². The van der Waals surface area contributed by atoms with Gasteiger partial charge in [-0.3, -0.25) is 9.78 Å². The topological polar surface area (TPSA) is 58.4 Å². The molecule has 7 aromatic rings. The molecule has 7 rings (SSSR count). The third kappa shape index (κ3) is 6.17. The molecule has 0 radical (unpaired) electrons. The van der Waals surface area contributed by atoms with Crippen molar-refractivity contribution >= 4 is 56.2 Å². The van der Waals surface area contributed by atoms with E-state index in [1.165, 1.54) is 42.7 Å². The second-order valence-electron chi connectivity index (χ2n) is 11.5. The third-order valence-electron chi connectivity index (χ3n) is 8.52. The fourth-order valence-electron chi connectivity index (χ4n) is 6.28. The van der Waals surface area contributed by atoms with E-state index < -0.39 is 5.97 Å². The van der Waals surface area contributed by atoms with Crippen LogP contribution in [-0.2, 0) is 11.3 Å². The summed E-state index contributed by atoms with van der Waals surface area (Å²) in [6, 6.07) is 43.2. The van der Waals surface area contributed by atoms with Gasteiger partial charge in [0.25, 0.3) is 0 Å². The summed E-state index contributed by atoms with van der Waals surface area (Å²) in [6.07, 6.45) is 7.53. The molecular formula is C40H35N3O2S. The molecule has 3 heterocycles. The number of aromatic nitrogens is 2. The van der Waals surface area contributed by atoms with E-state index in [4.69, 9.17) is 5.11 Å². The predicted molar refractivity (Wildman–Crippen MR) is 191 cm³/mol.